The average molecular weight is 417 g/mol. The minimum atomic E-state index is -0.255. The molecule has 3 nitrogen and oxygen atoms in total. The van der Waals surface area contributed by atoms with E-state index in [0.717, 1.165) is 23.1 Å². The van der Waals surface area contributed by atoms with Crippen molar-refractivity contribution in [2.75, 3.05) is 11.9 Å². The summed E-state index contributed by atoms with van der Waals surface area (Å²) in [6.07, 6.45) is 2.06. The average Bonchev–Trinajstić information content (AvgIpc) is 2.51. The Morgan fingerprint density at radius 3 is 2.65 bits per heavy atom. The zero-order chi connectivity index (χ0) is 16.8. The molecule has 122 valence electrons. The third-order valence-corrected chi connectivity index (χ3v) is 4.30. The van der Waals surface area contributed by atoms with Crippen LogP contribution in [0.5, 0.6) is 5.75 Å². The van der Waals surface area contributed by atoms with Crippen LogP contribution in [-0.2, 0) is 0 Å². The fourth-order valence-electron chi connectivity index (χ4n) is 1.87. The van der Waals surface area contributed by atoms with Crippen LogP contribution in [0.2, 0.25) is 10.0 Å². The maximum atomic E-state index is 12.3. The molecular weight excluding hydrogens is 401 g/mol. The van der Waals surface area contributed by atoms with E-state index < -0.39 is 0 Å². The lowest BCUT2D eigenvalue weighted by molar-refractivity contribution is 0.102. The Hall–Kier alpha value is -1.23. The first-order chi connectivity index (χ1) is 11.0. The second-order valence-corrected chi connectivity index (χ2v) is 6.62. The van der Waals surface area contributed by atoms with Crippen LogP contribution in [0.1, 0.15) is 30.1 Å². The number of halogens is 3. The van der Waals surface area contributed by atoms with Gasteiger partial charge >= 0.3 is 0 Å². The maximum Gasteiger partial charge on any atom is 0.255 e. The van der Waals surface area contributed by atoms with Gasteiger partial charge in [-0.1, -0.05) is 36.5 Å². The van der Waals surface area contributed by atoms with Gasteiger partial charge in [-0.15, -0.1) is 0 Å². The minimum Gasteiger partial charge on any atom is -0.492 e. The van der Waals surface area contributed by atoms with Crippen LogP contribution in [-0.4, -0.2) is 12.5 Å². The molecular formula is C17H16BrCl2NO2. The van der Waals surface area contributed by atoms with Crippen molar-refractivity contribution in [2.24, 2.45) is 0 Å². The highest BCUT2D eigenvalue weighted by molar-refractivity contribution is 9.10. The van der Waals surface area contributed by atoms with Gasteiger partial charge in [0.1, 0.15) is 5.75 Å². The molecule has 1 amide bonds. The summed E-state index contributed by atoms with van der Waals surface area (Å²) in [6.45, 7) is 2.76. The van der Waals surface area contributed by atoms with Crippen molar-refractivity contribution >= 4 is 50.7 Å². The Morgan fingerprint density at radius 1 is 1.22 bits per heavy atom. The standard InChI is InChI=1S/C17H16BrCl2NO2/c1-2-3-8-23-16-7-4-11(9-13(16)18)17(22)21-15-6-5-12(19)10-14(15)20/h4-7,9-10H,2-3,8H2,1H3,(H,21,22). The van der Waals surface area contributed by atoms with Crippen molar-refractivity contribution in [3.8, 4) is 5.75 Å². The molecule has 1 N–H and O–H groups in total. The van der Waals surface area contributed by atoms with E-state index in [1.54, 1.807) is 36.4 Å². The first kappa shape index (κ1) is 18.1. The number of benzene rings is 2. The predicted molar refractivity (Wildman–Crippen MR) is 99.0 cm³/mol. The topological polar surface area (TPSA) is 38.3 Å². The summed E-state index contributed by atoms with van der Waals surface area (Å²) < 4.78 is 6.39. The summed E-state index contributed by atoms with van der Waals surface area (Å²) in [4.78, 5) is 12.3. The Bertz CT molecular complexity index is 707. The molecule has 6 heteroatoms. The van der Waals surface area contributed by atoms with Crippen LogP contribution >= 0.6 is 39.1 Å². The van der Waals surface area contributed by atoms with Crippen LogP contribution < -0.4 is 10.1 Å². The molecule has 0 atom stereocenters. The molecule has 0 spiro atoms. The van der Waals surface area contributed by atoms with Gasteiger partial charge < -0.3 is 10.1 Å². The van der Waals surface area contributed by atoms with Crippen molar-refractivity contribution in [2.45, 2.75) is 19.8 Å². The van der Waals surface area contributed by atoms with Gasteiger partial charge in [-0.3, -0.25) is 4.79 Å². The van der Waals surface area contributed by atoms with E-state index in [1.165, 1.54) is 0 Å². The number of amides is 1. The quantitative estimate of drug-likeness (QED) is 0.570. The highest BCUT2D eigenvalue weighted by Gasteiger charge is 2.11. The lowest BCUT2D eigenvalue weighted by Crippen LogP contribution is -2.12. The smallest absolute Gasteiger partial charge is 0.255 e. The minimum absolute atomic E-state index is 0.255. The Kier molecular flexibility index (Phi) is 6.75. The third-order valence-electron chi connectivity index (χ3n) is 3.13. The number of hydrogen-bond acceptors (Lipinski definition) is 2. The van der Waals surface area contributed by atoms with E-state index in [4.69, 9.17) is 27.9 Å². The highest BCUT2D eigenvalue weighted by atomic mass is 79.9. The molecule has 2 aromatic rings. The molecule has 0 heterocycles. The number of unbranched alkanes of at least 4 members (excludes halogenated alkanes) is 1. The molecule has 0 saturated carbocycles. The highest BCUT2D eigenvalue weighted by Crippen LogP contribution is 2.28. The molecule has 0 radical (unpaired) electrons. The van der Waals surface area contributed by atoms with Crippen molar-refractivity contribution < 1.29 is 9.53 Å². The van der Waals surface area contributed by atoms with Gasteiger partial charge in [0.05, 0.1) is 21.8 Å². The number of ether oxygens (including phenoxy) is 1. The van der Waals surface area contributed by atoms with Gasteiger partial charge in [0.25, 0.3) is 5.91 Å². The van der Waals surface area contributed by atoms with Crippen molar-refractivity contribution in [3.63, 3.8) is 0 Å². The molecule has 0 bridgehead atoms. The van der Waals surface area contributed by atoms with E-state index in [0.29, 0.717) is 27.9 Å². The van der Waals surface area contributed by atoms with Gasteiger partial charge in [-0.2, -0.15) is 0 Å². The monoisotopic (exact) mass is 415 g/mol. The van der Waals surface area contributed by atoms with Gasteiger partial charge in [-0.05, 0) is 58.7 Å². The van der Waals surface area contributed by atoms with E-state index >= 15 is 0 Å². The molecule has 0 aliphatic rings. The van der Waals surface area contributed by atoms with Gasteiger partial charge in [0, 0.05) is 10.6 Å². The molecule has 0 fully saturated rings. The lowest BCUT2D eigenvalue weighted by Gasteiger charge is -2.10. The van der Waals surface area contributed by atoms with Crippen LogP contribution in [0.15, 0.2) is 40.9 Å². The molecule has 23 heavy (non-hydrogen) atoms. The summed E-state index contributed by atoms with van der Waals surface area (Å²) in [5.41, 5.74) is 1.02. The van der Waals surface area contributed by atoms with Gasteiger partial charge in [0.15, 0.2) is 0 Å². The maximum absolute atomic E-state index is 12.3. The molecule has 0 unspecified atom stereocenters. The second kappa shape index (κ2) is 8.57. The third kappa shape index (κ3) is 5.13. The lowest BCUT2D eigenvalue weighted by atomic mass is 10.2. The molecule has 0 aromatic heterocycles. The predicted octanol–water partition coefficient (Wildman–Crippen LogP) is 6.19. The van der Waals surface area contributed by atoms with E-state index in [-0.39, 0.29) is 5.91 Å². The van der Waals surface area contributed by atoms with Gasteiger partial charge in [-0.25, -0.2) is 0 Å². The zero-order valence-corrected chi connectivity index (χ0v) is 15.6. The van der Waals surface area contributed by atoms with E-state index in [1.807, 2.05) is 0 Å². The van der Waals surface area contributed by atoms with E-state index in [2.05, 4.69) is 28.2 Å². The number of hydrogen-bond donors (Lipinski definition) is 1. The fraction of sp³-hybridized carbons (Fsp3) is 0.235. The summed E-state index contributed by atoms with van der Waals surface area (Å²) in [5.74, 6) is 0.467. The molecule has 2 aromatic carbocycles. The van der Waals surface area contributed by atoms with Crippen molar-refractivity contribution in [1.29, 1.82) is 0 Å². The summed E-state index contributed by atoms with van der Waals surface area (Å²) in [5, 5.41) is 3.67. The normalized spacial score (nSPS) is 10.4. The molecule has 0 aliphatic heterocycles. The number of nitrogens with one attached hydrogen (secondary N) is 1. The van der Waals surface area contributed by atoms with Crippen LogP contribution in [0.25, 0.3) is 0 Å². The summed E-state index contributed by atoms with van der Waals surface area (Å²) >= 11 is 15.3. The Morgan fingerprint density at radius 2 is 2.00 bits per heavy atom. The number of rotatable bonds is 6. The number of carbonyl (C=O) groups is 1. The molecule has 0 aliphatic carbocycles. The second-order valence-electron chi connectivity index (χ2n) is 4.93. The SMILES string of the molecule is CCCCOc1ccc(C(=O)Nc2ccc(Cl)cc2Cl)cc1Br. The van der Waals surface area contributed by atoms with E-state index in [9.17, 15) is 4.79 Å². The van der Waals surface area contributed by atoms with Gasteiger partial charge in [0.2, 0.25) is 0 Å². The van der Waals surface area contributed by atoms with Crippen molar-refractivity contribution in [3.05, 3.63) is 56.5 Å². The number of carbonyl (C=O) groups excluding carboxylic acids is 1. The largest absolute Gasteiger partial charge is 0.492 e. The Balaban J connectivity index is 2.09. The van der Waals surface area contributed by atoms with Crippen molar-refractivity contribution in [1.82, 2.24) is 0 Å². The molecule has 0 saturated heterocycles. The summed E-state index contributed by atoms with van der Waals surface area (Å²) in [7, 11) is 0. The first-order valence-corrected chi connectivity index (χ1v) is 8.75. The summed E-state index contributed by atoms with van der Waals surface area (Å²) in [6, 6.07) is 10.1. The zero-order valence-electron chi connectivity index (χ0n) is 12.5. The van der Waals surface area contributed by atoms with Crippen LogP contribution in [0, 0.1) is 0 Å². The number of anilines is 1. The van der Waals surface area contributed by atoms with Crippen LogP contribution in [0.4, 0.5) is 5.69 Å². The Labute approximate surface area is 154 Å². The van der Waals surface area contributed by atoms with Crippen LogP contribution in [0.3, 0.4) is 0 Å². The first-order valence-electron chi connectivity index (χ1n) is 7.20. The fourth-order valence-corrected chi connectivity index (χ4v) is 2.82. The molecule has 2 rings (SSSR count).